The number of nitrogens with one attached hydrogen (secondary N) is 1. The zero-order chi connectivity index (χ0) is 29.8. The van der Waals surface area contributed by atoms with E-state index in [2.05, 4.69) is 29.6 Å². The molecule has 2 saturated heterocycles. The summed E-state index contributed by atoms with van der Waals surface area (Å²) < 4.78 is 0. The van der Waals surface area contributed by atoms with Crippen LogP contribution in [0, 0.1) is 0 Å². The number of hydrazine groups is 1. The van der Waals surface area contributed by atoms with Crippen LogP contribution in [0.3, 0.4) is 0 Å². The molecule has 0 aromatic heterocycles. The first-order valence-corrected chi connectivity index (χ1v) is 14.6. The number of amides is 4. The van der Waals surface area contributed by atoms with Crippen molar-refractivity contribution < 1.29 is 14.4 Å². The fraction of sp³-hybridized carbons (Fsp3) is 0.229. The number of fused-ring (bicyclic) bond motifs is 1. The Morgan fingerprint density at radius 1 is 0.791 bits per heavy atom. The number of hydrogen-bond donors (Lipinski definition) is 1. The van der Waals surface area contributed by atoms with E-state index in [-0.39, 0.29) is 36.9 Å². The van der Waals surface area contributed by atoms with Gasteiger partial charge in [0.15, 0.2) is 0 Å². The average molecular weight is 574 g/mol. The summed E-state index contributed by atoms with van der Waals surface area (Å²) in [6.45, 7) is 0.924. The van der Waals surface area contributed by atoms with Gasteiger partial charge >= 0.3 is 6.03 Å². The molecule has 2 aliphatic rings. The maximum Gasteiger partial charge on any atom is 0.334 e. The van der Waals surface area contributed by atoms with Gasteiger partial charge in [0.2, 0.25) is 11.8 Å². The summed E-state index contributed by atoms with van der Waals surface area (Å²) in [5.41, 5.74) is 3.88. The van der Waals surface area contributed by atoms with Gasteiger partial charge < -0.3 is 15.1 Å². The van der Waals surface area contributed by atoms with Crippen LogP contribution in [0.1, 0.15) is 34.2 Å². The fourth-order valence-electron chi connectivity index (χ4n) is 6.17. The van der Waals surface area contributed by atoms with Gasteiger partial charge in [-0.2, -0.15) is 0 Å². The van der Waals surface area contributed by atoms with E-state index in [0.29, 0.717) is 13.1 Å². The number of carbonyl (C=O) groups excluding carboxylic acids is 3. The number of nitrogens with zero attached hydrogens (tertiary/aromatic N) is 4. The number of hydrogen-bond acceptors (Lipinski definition) is 4. The molecule has 218 valence electrons. The molecule has 43 heavy (non-hydrogen) atoms. The molecule has 2 aliphatic heterocycles. The molecule has 8 heteroatoms. The van der Waals surface area contributed by atoms with Gasteiger partial charge in [-0.15, -0.1) is 0 Å². The normalized spacial score (nSPS) is 19.0. The van der Waals surface area contributed by atoms with Gasteiger partial charge in [0.25, 0.3) is 0 Å². The van der Waals surface area contributed by atoms with E-state index in [4.69, 9.17) is 0 Å². The molecule has 8 nitrogen and oxygen atoms in total. The highest BCUT2D eigenvalue weighted by atomic mass is 16.2. The van der Waals surface area contributed by atoms with Crippen LogP contribution >= 0.6 is 0 Å². The molecule has 0 unspecified atom stereocenters. The Labute approximate surface area is 252 Å². The molecule has 6 rings (SSSR count). The molecule has 1 N–H and O–H groups in total. The largest absolute Gasteiger partial charge is 0.336 e. The van der Waals surface area contributed by atoms with Crippen molar-refractivity contribution >= 4 is 17.8 Å². The predicted octanol–water partition coefficient (Wildman–Crippen LogP) is 4.63. The van der Waals surface area contributed by atoms with Crippen LogP contribution in [0.25, 0.3) is 0 Å². The second-order valence-corrected chi connectivity index (χ2v) is 11.0. The molecule has 2 heterocycles. The number of carbonyl (C=O) groups is 3. The molecule has 0 spiro atoms. The van der Waals surface area contributed by atoms with Gasteiger partial charge in [0, 0.05) is 26.1 Å². The third-order valence-electron chi connectivity index (χ3n) is 8.25. The minimum atomic E-state index is -0.849. The molecule has 4 amide bonds. The molecular formula is C35H35N5O3. The Bertz CT molecular complexity index is 1510. The fourth-order valence-corrected chi connectivity index (χ4v) is 6.17. The zero-order valence-corrected chi connectivity index (χ0v) is 24.1. The molecule has 0 radical (unpaired) electrons. The topological polar surface area (TPSA) is 76.2 Å². The van der Waals surface area contributed by atoms with Crippen molar-refractivity contribution in [1.82, 2.24) is 25.1 Å². The van der Waals surface area contributed by atoms with Gasteiger partial charge in [-0.25, -0.2) is 14.8 Å². The molecule has 0 saturated carbocycles. The van der Waals surface area contributed by atoms with Crippen LogP contribution in [-0.2, 0) is 16.1 Å². The van der Waals surface area contributed by atoms with Gasteiger partial charge in [-0.3, -0.25) is 9.59 Å². The van der Waals surface area contributed by atoms with E-state index in [9.17, 15) is 14.4 Å². The van der Waals surface area contributed by atoms with Crippen LogP contribution < -0.4 is 5.32 Å². The van der Waals surface area contributed by atoms with E-state index in [1.165, 1.54) is 0 Å². The minimum Gasteiger partial charge on any atom is -0.336 e. The van der Waals surface area contributed by atoms with Gasteiger partial charge in [0.05, 0.1) is 13.1 Å². The van der Waals surface area contributed by atoms with Crippen molar-refractivity contribution in [1.29, 1.82) is 0 Å². The molecule has 4 aromatic carbocycles. The molecule has 0 aliphatic carbocycles. The Kier molecular flexibility index (Phi) is 8.20. The lowest BCUT2D eigenvalue weighted by Gasteiger charge is -2.54. The number of urea groups is 1. The lowest BCUT2D eigenvalue weighted by atomic mass is 9.89. The minimum absolute atomic E-state index is 0.0114. The summed E-state index contributed by atoms with van der Waals surface area (Å²) in [4.78, 5) is 45.2. The molecule has 4 aromatic rings. The first-order chi connectivity index (χ1) is 21.0. The van der Waals surface area contributed by atoms with E-state index in [1.807, 2.05) is 102 Å². The summed E-state index contributed by atoms with van der Waals surface area (Å²) in [6.07, 6.45) is -0.683. The van der Waals surface area contributed by atoms with Crippen LogP contribution in [0.2, 0.25) is 0 Å². The number of benzene rings is 4. The zero-order valence-electron chi connectivity index (χ0n) is 24.1. The van der Waals surface area contributed by atoms with Crippen LogP contribution in [0.15, 0.2) is 121 Å². The van der Waals surface area contributed by atoms with E-state index < -0.39 is 12.2 Å². The second-order valence-electron chi connectivity index (χ2n) is 11.0. The van der Waals surface area contributed by atoms with Gasteiger partial charge in [-0.05, 0) is 22.3 Å². The quantitative estimate of drug-likeness (QED) is 0.350. The first kappa shape index (κ1) is 28.2. The standard InChI is InChI=1S/C35H35N5O3/c1-37-25-32(41)39-31(40(37)35(43)36-22-26-14-6-2-7-15-26)24-38(34(42)33(39)29-20-12-5-13-21-29)23-30(27-16-8-3-9-17-27)28-18-10-4-11-19-28/h2-21,30-31,33H,22-25H2,1H3,(H,36,43)/t31-,33-/m0/s1. The maximum absolute atomic E-state index is 14.4. The summed E-state index contributed by atoms with van der Waals surface area (Å²) in [7, 11) is 1.74. The SMILES string of the molecule is CN1CC(=O)N2[C@@H](c3ccccc3)C(=O)N(CC(c3ccccc3)c3ccccc3)C[C@@H]2N1C(=O)NCc1ccccc1. The Balaban J connectivity index is 1.37. The summed E-state index contributed by atoms with van der Waals surface area (Å²) in [6, 6.07) is 38.2. The molecule has 2 fully saturated rings. The van der Waals surface area contributed by atoms with Crippen molar-refractivity contribution in [3.8, 4) is 0 Å². The predicted molar refractivity (Wildman–Crippen MR) is 164 cm³/mol. The Morgan fingerprint density at radius 2 is 1.33 bits per heavy atom. The Morgan fingerprint density at radius 3 is 1.91 bits per heavy atom. The highest BCUT2D eigenvalue weighted by Gasteiger charge is 2.51. The smallest absolute Gasteiger partial charge is 0.334 e. The molecular weight excluding hydrogens is 538 g/mol. The van der Waals surface area contributed by atoms with E-state index >= 15 is 0 Å². The molecule has 0 bridgehead atoms. The van der Waals surface area contributed by atoms with Crippen LogP contribution in [0.4, 0.5) is 4.79 Å². The van der Waals surface area contributed by atoms with E-state index in [1.54, 1.807) is 22.0 Å². The second kappa shape index (κ2) is 12.5. The van der Waals surface area contributed by atoms with Crippen molar-refractivity contribution in [2.24, 2.45) is 0 Å². The molecule has 2 atom stereocenters. The van der Waals surface area contributed by atoms with Gasteiger partial charge in [0.1, 0.15) is 12.2 Å². The number of likely N-dealkylation sites (N-methyl/N-ethyl adjacent to an activating group) is 1. The monoisotopic (exact) mass is 573 g/mol. The van der Waals surface area contributed by atoms with Crippen molar-refractivity contribution in [3.05, 3.63) is 144 Å². The third kappa shape index (κ3) is 5.87. The van der Waals surface area contributed by atoms with Crippen molar-refractivity contribution in [3.63, 3.8) is 0 Å². The van der Waals surface area contributed by atoms with Crippen molar-refractivity contribution in [2.75, 3.05) is 26.7 Å². The van der Waals surface area contributed by atoms with Crippen LogP contribution in [0.5, 0.6) is 0 Å². The van der Waals surface area contributed by atoms with Crippen molar-refractivity contribution in [2.45, 2.75) is 24.7 Å². The summed E-state index contributed by atoms with van der Waals surface area (Å²) in [5, 5.41) is 6.28. The highest BCUT2D eigenvalue weighted by Crippen LogP contribution is 2.36. The summed E-state index contributed by atoms with van der Waals surface area (Å²) >= 11 is 0. The highest BCUT2D eigenvalue weighted by molar-refractivity contribution is 5.92. The average Bonchev–Trinajstić information content (AvgIpc) is 3.05. The lowest BCUT2D eigenvalue weighted by molar-refractivity contribution is -0.187. The van der Waals surface area contributed by atoms with E-state index in [0.717, 1.165) is 22.3 Å². The maximum atomic E-state index is 14.4. The first-order valence-electron chi connectivity index (χ1n) is 14.6. The van der Waals surface area contributed by atoms with Gasteiger partial charge in [-0.1, -0.05) is 121 Å². The Hall–Kier alpha value is -4.95. The number of piperazine rings is 1. The van der Waals surface area contributed by atoms with Crippen LogP contribution in [-0.4, -0.2) is 70.5 Å². The lowest BCUT2D eigenvalue weighted by Crippen LogP contribution is -2.74. The number of rotatable bonds is 7. The third-order valence-corrected chi connectivity index (χ3v) is 8.25. The summed E-state index contributed by atoms with van der Waals surface area (Å²) in [5.74, 6) is -0.433.